The molecule has 1 N–H and O–H groups in total. The highest BCUT2D eigenvalue weighted by Gasteiger charge is 2.74. The highest BCUT2D eigenvalue weighted by molar-refractivity contribution is 5.83. The zero-order valence-electron chi connectivity index (χ0n) is 15.3. The molecule has 6 heteroatoms. The molecule has 6 aliphatic rings. The Hall–Kier alpha value is -1.56. The average molecular weight is 362 g/mol. The first-order valence-corrected chi connectivity index (χ1v) is 9.72. The first-order chi connectivity index (χ1) is 12.3. The molecule has 0 radical (unpaired) electrons. The molecule has 5 fully saturated rings. The van der Waals surface area contributed by atoms with Gasteiger partial charge in [-0.05, 0) is 43.6 Å². The molecule has 2 bridgehead atoms. The fourth-order valence-electron chi connectivity index (χ4n) is 6.88. The summed E-state index contributed by atoms with van der Waals surface area (Å²) in [6.07, 6.45) is 6.31. The van der Waals surface area contributed by atoms with Crippen LogP contribution >= 0.6 is 0 Å². The number of hydrogen-bond donors (Lipinski definition) is 1. The number of esters is 2. The molecule has 0 spiro atoms. The Morgan fingerprint density at radius 2 is 1.92 bits per heavy atom. The Bertz CT molecular complexity index is 702. The van der Waals surface area contributed by atoms with E-state index < -0.39 is 17.0 Å². The van der Waals surface area contributed by atoms with Crippen molar-refractivity contribution in [2.75, 3.05) is 6.61 Å². The molecule has 0 aromatic rings. The van der Waals surface area contributed by atoms with E-state index in [4.69, 9.17) is 14.2 Å². The minimum Gasteiger partial charge on any atom is -0.501 e. The Labute approximate surface area is 152 Å². The van der Waals surface area contributed by atoms with Gasteiger partial charge in [0.05, 0.1) is 24.7 Å². The molecule has 4 aliphatic heterocycles. The summed E-state index contributed by atoms with van der Waals surface area (Å²) in [4.78, 5) is 25.3. The smallest absolute Gasteiger partial charge is 0.338 e. The van der Waals surface area contributed by atoms with Gasteiger partial charge in [-0.3, -0.25) is 4.79 Å². The second-order valence-electron chi connectivity index (χ2n) is 9.34. The Morgan fingerprint density at radius 1 is 1.12 bits per heavy atom. The van der Waals surface area contributed by atoms with Gasteiger partial charge in [-0.25, -0.2) is 4.79 Å². The van der Waals surface area contributed by atoms with Crippen molar-refractivity contribution in [2.24, 2.45) is 28.6 Å². The lowest BCUT2D eigenvalue weighted by Gasteiger charge is -2.67. The largest absolute Gasteiger partial charge is 0.501 e. The molecule has 0 aromatic carbocycles. The van der Waals surface area contributed by atoms with E-state index in [9.17, 15) is 14.7 Å². The van der Waals surface area contributed by atoms with E-state index in [-0.39, 0.29) is 41.3 Å². The first kappa shape index (κ1) is 16.6. The van der Waals surface area contributed by atoms with Crippen LogP contribution in [0.2, 0.25) is 0 Å². The molecule has 2 aliphatic carbocycles. The lowest BCUT2D eigenvalue weighted by molar-refractivity contribution is -0.292. The van der Waals surface area contributed by atoms with Crippen LogP contribution in [-0.2, 0) is 23.8 Å². The number of ether oxygens (including phenoxy) is 3. The summed E-state index contributed by atoms with van der Waals surface area (Å²) in [6.45, 7) is 4.70. The van der Waals surface area contributed by atoms with E-state index in [1.165, 1.54) is 0 Å². The number of hydrogen-bond acceptors (Lipinski definition) is 6. The maximum absolute atomic E-state index is 12.9. The number of cyclic esters (lactones) is 1. The quantitative estimate of drug-likeness (QED) is 0.718. The van der Waals surface area contributed by atoms with Crippen molar-refractivity contribution in [3.8, 4) is 0 Å². The van der Waals surface area contributed by atoms with Crippen LogP contribution in [0.4, 0.5) is 0 Å². The molecule has 6 rings (SSSR count). The number of carbonyl (C=O) groups is 2. The van der Waals surface area contributed by atoms with Crippen molar-refractivity contribution in [1.29, 1.82) is 0 Å². The number of carbonyl (C=O) groups excluding carboxylic acids is 2. The maximum Gasteiger partial charge on any atom is 0.338 e. The summed E-state index contributed by atoms with van der Waals surface area (Å²) in [6, 6.07) is 0. The Morgan fingerprint density at radius 3 is 2.62 bits per heavy atom. The highest BCUT2D eigenvalue weighted by atomic mass is 16.6. The molecule has 0 amide bonds. The fourth-order valence-corrected chi connectivity index (χ4v) is 6.88. The first-order valence-electron chi connectivity index (χ1n) is 9.72. The summed E-state index contributed by atoms with van der Waals surface area (Å²) in [5.41, 5.74) is -2.35. The summed E-state index contributed by atoms with van der Waals surface area (Å²) < 4.78 is 16.8. The Balaban J connectivity index is 1.56. The minimum absolute atomic E-state index is 0.0353. The van der Waals surface area contributed by atoms with E-state index >= 15 is 0 Å². The number of rotatable bonds is 1. The van der Waals surface area contributed by atoms with Gasteiger partial charge in [-0.1, -0.05) is 13.8 Å². The van der Waals surface area contributed by atoms with E-state index in [0.717, 1.165) is 0 Å². The van der Waals surface area contributed by atoms with Crippen LogP contribution in [-0.4, -0.2) is 41.5 Å². The lowest BCUT2D eigenvalue weighted by atomic mass is 9.41. The molecular weight excluding hydrogens is 336 g/mol. The average Bonchev–Trinajstić information content (AvgIpc) is 3.10. The van der Waals surface area contributed by atoms with Gasteiger partial charge in [0.1, 0.15) is 12.2 Å². The number of aliphatic hydroxyl groups is 1. The van der Waals surface area contributed by atoms with Crippen LogP contribution in [0.15, 0.2) is 12.3 Å². The van der Waals surface area contributed by atoms with Gasteiger partial charge >= 0.3 is 11.9 Å². The van der Waals surface area contributed by atoms with Crippen molar-refractivity contribution < 1.29 is 28.9 Å². The predicted molar refractivity (Wildman–Crippen MR) is 89.6 cm³/mol. The molecule has 0 aromatic heterocycles. The zero-order valence-corrected chi connectivity index (χ0v) is 15.3. The third-order valence-electron chi connectivity index (χ3n) is 8.23. The molecule has 2 saturated carbocycles. The zero-order chi connectivity index (χ0) is 18.3. The van der Waals surface area contributed by atoms with Crippen LogP contribution in [0.5, 0.6) is 0 Å². The topological polar surface area (TPSA) is 82.1 Å². The van der Waals surface area contributed by atoms with Gasteiger partial charge < -0.3 is 19.3 Å². The third kappa shape index (κ3) is 1.81. The Kier molecular flexibility index (Phi) is 3.21. The van der Waals surface area contributed by atoms with Crippen molar-refractivity contribution in [1.82, 2.24) is 0 Å². The second-order valence-corrected chi connectivity index (χ2v) is 9.34. The molecular formula is C20H26O6. The van der Waals surface area contributed by atoms with Crippen LogP contribution in [0.25, 0.3) is 0 Å². The van der Waals surface area contributed by atoms with Gasteiger partial charge in [0.25, 0.3) is 0 Å². The van der Waals surface area contributed by atoms with Crippen LogP contribution < -0.4 is 0 Å². The van der Waals surface area contributed by atoms with E-state index in [0.29, 0.717) is 38.7 Å². The normalized spacial score (nSPS) is 54.8. The van der Waals surface area contributed by atoms with Gasteiger partial charge in [0.15, 0.2) is 5.60 Å². The van der Waals surface area contributed by atoms with Gasteiger partial charge in [-0.2, -0.15) is 0 Å². The molecule has 3 saturated heterocycles. The van der Waals surface area contributed by atoms with E-state index in [2.05, 4.69) is 6.92 Å². The van der Waals surface area contributed by atoms with Gasteiger partial charge in [0.2, 0.25) is 0 Å². The SMILES string of the molecule is CC12C[C@@H](C3C=COC3)OC(=O)[C@@H]1CCC1(C)C2[C@H]2CC[C@]1(O)C(=O)O2. The molecule has 4 heterocycles. The van der Waals surface area contributed by atoms with Crippen molar-refractivity contribution >= 4 is 11.9 Å². The maximum atomic E-state index is 12.9. The molecule has 4 unspecified atom stereocenters. The summed E-state index contributed by atoms with van der Waals surface area (Å²) in [5, 5.41) is 11.3. The predicted octanol–water partition coefficient (Wildman–Crippen LogP) is 1.95. The molecule has 6 nitrogen and oxygen atoms in total. The summed E-state index contributed by atoms with van der Waals surface area (Å²) in [7, 11) is 0. The standard InChI is InChI=1S/C20H26O6/c1-18-9-14(11-5-8-24-10-11)25-16(21)12(18)3-6-19(2)15(18)13-4-7-20(19,23)17(22)26-13/h5,8,11-15,23H,3-4,6-7,9-10H2,1-2H3/t11?,12-,13+,14-,15?,18?,19?,20-/m0/s1. The van der Waals surface area contributed by atoms with Crippen LogP contribution in [0.3, 0.4) is 0 Å². The molecule has 26 heavy (non-hydrogen) atoms. The van der Waals surface area contributed by atoms with Gasteiger partial charge in [-0.15, -0.1) is 0 Å². The molecule has 8 atom stereocenters. The number of fused-ring (bicyclic) bond motifs is 3. The monoisotopic (exact) mass is 362 g/mol. The fraction of sp³-hybridized carbons (Fsp3) is 0.800. The van der Waals surface area contributed by atoms with Crippen LogP contribution in [0, 0.1) is 28.6 Å². The van der Waals surface area contributed by atoms with Crippen molar-refractivity contribution in [3.05, 3.63) is 12.3 Å². The summed E-state index contributed by atoms with van der Waals surface area (Å²) in [5.74, 6) is -0.796. The second kappa shape index (κ2) is 5.03. The minimum atomic E-state index is -1.44. The third-order valence-corrected chi connectivity index (χ3v) is 8.23. The highest BCUT2D eigenvalue weighted by Crippen LogP contribution is 2.68. The van der Waals surface area contributed by atoms with Gasteiger partial charge in [0, 0.05) is 11.3 Å². The molecule has 142 valence electrons. The van der Waals surface area contributed by atoms with Crippen LogP contribution in [0.1, 0.15) is 46.0 Å². The summed E-state index contributed by atoms with van der Waals surface area (Å²) >= 11 is 0. The lowest BCUT2D eigenvalue weighted by Crippen LogP contribution is -2.74. The van der Waals surface area contributed by atoms with Crippen molar-refractivity contribution in [2.45, 2.75) is 63.8 Å². The van der Waals surface area contributed by atoms with E-state index in [1.54, 1.807) is 6.26 Å². The van der Waals surface area contributed by atoms with Crippen molar-refractivity contribution in [3.63, 3.8) is 0 Å². The van der Waals surface area contributed by atoms with E-state index in [1.807, 2.05) is 13.0 Å².